The van der Waals surface area contributed by atoms with Crippen LogP contribution < -0.4 is 11.1 Å². The Morgan fingerprint density at radius 1 is 1.25 bits per heavy atom. The zero-order valence-electron chi connectivity index (χ0n) is 10.7. The van der Waals surface area contributed by atoms with E-state index in [-0.39, 0.29) is 12.1 Å². The monoisotopic (exact) mass is 228 g/mol. The topological polar surface area (TPSA) is 58.3 Å². The number of nitrogens with two attached hydrogens (primary N) is 1. The van der Waals surface area contributed by atoms with Crippen LogP contribution in [0.25, 0.3) is 0 Å². The first-order valence-corrected chi connectivity index (χ1v) is 6.85. The molecule has 1 unspecified atom stereocenters. The first-order chi connectivity index (χ1) is 7.76. The highest BCUT2D eigenvalue weighted by atomic mass is 16.3. The summed E-state index contributed by atoms with van der Waals surface area (Å²) in [5.41, 5.74) is 6.13. The van der Waals surface area contributed by atoms with Crippen molar-refractivity contribution in [3.05, 3.63) is 0 Å². The number of hydrogen-bond acceptors (Lipinski definition) is 3. The molecule has 96 valence electrons. The maximum atomic E-state index is 9.04. The largest absolute Gasteiger partial charge is 0.396 e. The molecule has 16 heavy (non-hydrogen) atoms. The third-order valence-electron chi connectivity index (χ3n) is 3.93. The van der Waals surface area contributed by atoms with Crippen molar-refractivity contribution in [2.75, 3.05) is 13.2 Å². The normalized spacial score (nSPS) is 22.7. The molecule has 4 N–H and O–H groups in total. The van der Waals surface area contributed by atoms with Gasteiger partial charge in [-0.05, 0) is 25.7 Å². The second-order valence-electron chi connectivity index (χ2n) is 5.16. The summed E-state index contributed by atoms with van der Waals surface area (Å²) in [5, 5.41) is 12.8. The van der Waals surface area contributed by atoms with Crippen molar-refractivity contribution < 1.29 is 5.11 Å². The van der Waals surface area contributed by atoms with Crippen molar-refractivity contribution in [2.24, 2.45) is 5.73 Å². The lowest BCUT2D eigenvalue weighted by Crippen LogP contribution is -2.55. The molecule has 1 saturated carbocycles. The molecule has 1 atom stereocenters. The average Bonchev–Trinajstić information content (AvgIpc) is 2.55. The van der Waals surface area contributed by atoms with Crippen LogP contribution in [0, 0.1) is 0 Å². The zero-order valence-corrected chi connectivity index (χ0v) is 10.7. The molecule has 1 rings (SSSR count). The number of nitrogens with one attached hydrogen (secondary N) is 1. The van der Waals surface area contributed by atoms with Crippen molar-refractivity contribution in [3.8, 4) is 0 Å². The maximum absolute atomic E-state index is 9.04. The van der Waals surface area contributed by atoms with Gasteiger partial charge in [-0.2, -0.15) is 0 Å². The quantitative estimate of drug-likeness (QED) is 0.607. The predicted octanol–water partition coefficient (Wildman–Crippen LogP) is 1.79. The first kappa shape index (κ1) is 13.9. The highest BCUT2D eigenvalue weighted by molar-refractivity contribution is 4.92. The van der Waals surface area contributed by atoms with Crippen LogP contribution in [0.15, 0.2) is 0 Å². The number of hydrogen-bond donors (Lipinski definition) is 3. The van der Waals surface area contributed by atoms with Crippen LogP contribution in [0.2, 0.25) is 0 Å². The molecule has 0 heterocycles. The Kier molecular flexibility index (Phi) is 6.32. The third kappa shape index (κ3) is 4.04. The van der Waals surface area contributed by atoms with E-state index in [0.717, 1.165) is 19.4 Å². The fourth-order valence-electron chi connectivity index (χ4n) is 2.78. The van der Waals surface area contributed by atoms with Gasteiger partial charge in [-0.15, -0.1) is 0 Å². The van der Waals surface area contributed by atoms with Crippen molar-refractivity contribution in [1.29, 1.82) is 0 Å². The Hall–Kier alpha value is -0.120. The van der Waals surface area contributed by atoms with Gasteiger partial charge in [0.15, 0.2) is 0 Å². The summed E-state index contributed by atoms with van der Waals surface area (Å²) in [4.78, 5) is 0. The molecule has 0 amide bonds. The highest BCUT2D eigenvalue weighted by Gasteiger charge is 2.30. The van der Waals surface area contributed by atoms with Crippen molar-refractivity contribution in [2.45, 2.75) is 69.9 Å². The molecule has 1 aliphatic carbocycles. The van der Waals surface area contributed by atoms with Crippen LogP contribution in [-0.2, 0) is 0 Å². The summed E-state index contributed by atoms with van der Waals surface area (Å²) in [6.45, 7) is 3.18. The van der Waals surface area contributed by atoms with E-state index < -0.39 is 0 Å². The third-order valence-corrected chi connectivity index (χ3v) is 3.93. The van der Waals surface area contributed by atoms with Gasteiger partial charge in [0.25, 0.3) is 0 Å². The van der Waals surface area contributed by atoms with Gasteiger partial charge in [-0.3, -0.25) is 0 Å². The van der Waals surface area contributed by atoms with Crippen molar-refractivity contribution >= 4 is 0 Å². The molecular weight excluding hydrogens is 200 g/mol. The van der Waals surface area contributed by atoms with E-state index >= 15 is 0 Å². The summed E-state index contributed by atoms with van der Waals surface area (Å²) in [6.07, 6.45) is 9.59. The van der Waals surface area contributed by atoms with E-state index in [1.165, 1.54) is 38.5 Å². The second kappa shape index (κ2) is 7.25. The smallest absolute Gasteiger partial charge is 0.0445 e. The van der Waals surface area contributed by atoms with Gasteiger partial charge in [0, 0.05) is 24.7 Å². The molecular formula is C13H28N2O. The Balaban J connectivity index is 2.55. The fraction of sp³-hybridized carbons (Fsp3) is 1.00. The van der Waals surface area contributed by atoms with Gasteiger partial charge in [0.05, 0.1) is 0 Å². The molecule has 0 saturated heterocycles. The molecule has 1 fully saturated rings. The van der Waals surface area contributed by atoms with E-state index in [1.54, 1.807) is 0 Å². The minimum Gasteiger partial charge on any atom is -0.396 e. The second-order valence-corrected chi connectivity index (χ2v) is 5.16. The Bertz CT molecular complexity index is 177. The molecule has 0 aromatic carbocycles. The van der Waals surface area contributed by atoms with Gasteiger partial charge in [0.1, 0.15) is 0 Å². The Labute approximate surface area is 99.8 Å². The van der Waals surface area contributed by atoms with Crippen molar-refractivity contribution in [3.63, 3.8) is 0 Å². The average molecular weight is 228 g/mol. The van der Waals surface area contributed by atoms with Gasteiger partial charge < -0.3 is 16.2 Å². The van der Waals surface area contributed by atoms with E-state index in [1.807, 2.05) is 0 Å². The zero-order chi connectivity index (χ0) is 11.9. The van der Waals surface area contributed by atoms with E-state index in [4.69, 9.17) is 10.8 Å². The highest BCUT2D eigenvalue weighted by Crippen LogP contribution is 2.27. The summed E-state index contributed by atoms with van der Waals surface area (Å²) in [5.74, 6) is 0. The first-order valence-electron chi connectivity index (χ1n) is 6.85. The van der Waals surface area contributed by atoms with Gasteiger partial charge >= 0.3 is 0 Å². The molecule has 0 aromatic rings. The molecule has 3 heteroatoms. The Morgan fingerprint density at radius 2 is 1.88 bits per heavy atom. The summed E-state index contributed by atoms with van der Waals surface area (Å²) in [7, 11) is 0. The summed E-state index contributed by atoms with van der Waals surface area (Å²) >= 11 is 0. The van der Waals surface area contributed by atoms with Gasteiger partial charge in [-0.25, -0.2) is 0 Å². The SMILES string of the molecule is CCC(CCO)NC1(CN)CCCCCC1. The summed E-state index contributed by atoms with van der Waals surface area (Å²) in [6, 6.07) is 0.423. The van der Waals surface area contributed by atoms with E-state index in [2.05, 4.69) is 12.2 Å². The van der Waals surface area contributed by atoms with Gasteiger partial charge in [0.2, 0.25) is 0 Å². The van der Waals surface area contributed by atoms with E-state index in [0.29, 0.717) is 6.04 Å². The Morgan fingerprint density at radius 3 is 2.31 bits per heavy atom. The van der Waals surface area contributed by atoms with Gasteiger partial charge in [-0.1, -0.05) is 32.6 Å². The lowest BCUT2D eigenvalue weighted by atomic mass is 9.88. The molecule has 3 nitrogen and oxygen atoms in total. The number of rotatable bonds is 6. The van der Waals surface area contributed by atoms with E-state index in [9.17, 15) is 0 Å². The van der Waals surface area contributed by atoms with Crippen LogP contribution in [-0.4, -0.2) is 29.8 Å². The standard InChI is InChI=1S/C13H28N2O/c1-2-12(7-10-16)15-13(11-14)8-5-3-4-6-9-13/h12,15-16H,2-11,14H2,1H3. The predicted molar refractivity (Wildman–Crippen MR) is 68.4 cm³/mol. The molecule has 1 aliphatic rings. The maximum Gasteiger partial charge on any atom is 0.0445 e. The van der Waals surface area contributed by atoms with Crippen LogP contribution in [0.1, 0.15) is 58.3 Å². The van der Waals surface area contributed by atoms with Crippen molar-refractivity contribution in [1.82, 2.24) is 5.32 Å². The van der Waals surface area contributed by atoms with Crippen LogP contribution in [0.5, 0.6) is 0 Å². The molecule has 0 spiro atoms. The minimum atomic E-state index is 0.145. The van der Waals surface area contributed by atoms with Crippen LogP contribution in [0.4, 0.5) is 0 Å². The lowest BCUT2D eigenvalue weighted by Gasteiger charge is -2.36. The van der Waals surface area contributed by atoms with Crippen LogP contribution in [0.3, 0.4) is 0 Å². The summed E-state index contributed by atoms with van der Waals surface area (Å²) < 4.78 is 0. The number of aliphatic hydroxyl groups is 1. The molecule has 0 aliphatic heterocycles. The number of aliphatic hydroxyl groups excluding tert-OH is 1. The fourth-order valence-corrected chi connectivity index (χ4v) is 2.78. The minimum absolute atomic E-state index is 0.145. The van der Waals surface area contributed by atoms with Crippen LogP contribution >= 0.6 is 0 Å². The lowest BCUT2D eigenvalue weighted by molar-refractivity contribution is 0.212. The molecule has 0 bridgehead atoms. The molecule has 0 aromatic heterocycles. The molecule has 0 radical (unpaired) electrons.